The van der Waals surface area contributed by atoms with E-state index in [1.54, 1.807) is 25.3 Å². The van der Waals surface area contributed by atoms with E-state index >= 15 is 0 Å². The lowest BCUT2D eigenvalue weighted by molar-refractivity contribution is -0.104. The van der Waals surface area contributed by atoms with Crippen molar-refractivity contribution in [1.82, 2.24) is 9.62 Å². The van der Waals surface area contributed by atoms with E-state index in [0.717, 1.165) is 0 Å². The Kier molecular flexibility index (Phi) is 6.12. The van der Waals surface area contributed by atoms with Crippen molar-refractivity contribution in [2.45, 2.75) is 23.0 Å². The molecule has 7 nitrogen and oxygen atoms in total. The van der Waals surface area contributed by atoms with Gasteiger partial charge >= 0.3 is 0 Å². The van der Waals surface area contributed by atoms with Crippen molar-refractivity contribution < 1.29 is 23.4 Å². The molecule has 1 heterocycles. The predicted octanol–water partition coefficient (Wildman–Crippen LogP) is -0.591. The third-order valence-electron chi connectivity index (χ3n) is 4.02. The molecule has 3 N–H and O–H groups in total. The summed E-state index contributed by atoms with van der Waals surface area (Å²) < 4.78 is 31.4. The summed E-state index contributed by atoms with van der Waals surface area (Å²) in [6.07, 6.45) is -0.783. The van der Waals surface area contributed by atoms with Crippen LogP contribution < -0.4 is 5.32 Å². The van der Waals surface area contributed by atoms with Gasteiger partial charge in [0.15, 0.2) is 0 Å². The molecule has 1 aromatic carbocycles. The summed E-state index contributed by atoms with van der Waals surface area (Å²) in [6, 6.07) is 8.11. The lowest BCUT2D eigenvalue weighted by atomic mass is 9.91. The van der Waals surface area contributed by atoms with Crippen molar-refractivity contribution in [3.63, 3.8) is 0 Å². The van der Waals surface area contributed by atoms with Gasteiger partial charge in [0.2, 0.25) is 10.0 Å². The van der Waals surface area contributed by atoms with Gasteiger partial charge in [-0.1, -0.05) is 18.2 Å². The number of β-amino-alcohol motifs (C(OH)–C–C–N with tert-alkyl or cyclic N) is 1. The fraction of sp³-hybridized carbons (Fsp3) is 0.600. The summed E-state index contributed by atoms with van der Waals surface area (Å²) in [4.78, 5) is 0.186. The fourth-order valence-corrected chi connectivity index (χ4v) is 4.16. The Bertz CT molecular complexity index is 595. The highest BCUT2D eigenvalue weighted by molar-refractivity contribution is 7.89. The zero-order valence-electron chi connectivity index (χ0n) is 13.2. The maximum absolute atomic E-state index is 12.7. The minimum absolute atomic E-state index is 0.0956. The molecule has 23 heavy (non-hydrogen) atoms. The number of sulfonamides is 1. The van der Waals surface area contributed by atoms with E-state index in [1.165, 1.54) is 16.4 Å². The normalized spacial score (nSPS) is 26.3. The molecule has 130 valence electrons. The Labute approximate surface area is 136 Å². The number of piperidine rings is 1. The molecule has 0 spiro atoms. The number of nitrogens with one attached hydrogen (secondary N) is 1. The molecule has 0 saturated carbocycles. The lowest BCUT2D eigenvalue weighted by Crippen LogP contribution is -2.62. The monoisotopic (exact) mass is 344 g/mol. The van der Waals surface area contributed by atoms with Gasteiger partial charge in [-0.2, -0.15) is 4.31 Å². The predicted molar refractivity (Wildman–Crippen MR) is 85.5 cm³/mol. The molecular weight excluding hydrogens is 320 g/mol. The molecular formula is C15H24N2O5S. The van der Waals surface area contributed by atoms with Crippen LogP contribution in [0.2, 0.25) is 0 Å². The highest BCUT2D eigenvalue weighted by Gasteiger charge is 2.44. The average Bonchev–Trinajstić information content (AvgIpc) is 2.55. The molecule has 8 heteroatoms. The summed E-state index contributed by atoms with van der Waals surface area (Å²) in [6.45, 7) is 1.11. The lowest BCUT2D eigenvalue weighted by Gasteiger charge is -2.42. The number of hydrogen-bond donors (Lipinski definition) is 3. The Hall–Kier alpha value is -1.03. The second-order valence-corrected chi connectivity index (χ2v) is 7.67. The molecule has 0 aromatic heterocycles. The van der Waals surface area contributed by atoms with E-state index in [0.29, 0.717) is 13.2 Å². The molecule has 1 fully saturated rings. The average molecular weight is 344 g/mol. The van der Waals surface area contributed by atoms with E-state index in [4.69, 9.17) is 4.74 Å². The molecule has 0 amide bonds. The van der Waals surface area contributed by atoms with E-state index in [9.17, 15) is 18.6 Å². The second-order valence-electron chi connectivity index (χ2n) is 5.73. The van der Waals surface area contributed by atoms with E-state index in [2.05, 4.69) is 5.32 Å². The molecule has 0 unspecified atom stereocenters. The Balaban J connectivity index is 2.10. The molecule has 1 saturated heterocycles. The van der Waals surface area contributed by atoms with Crippen LogP contribution in [-0.4, -0.2) is 74.5 Å². The fourth-order valence-electron chi connectivity index (χ4n) is 2.62. The molecule has 0 aliphatic carbocycles. The second kappa shape index (κ2) is 7.69. The van der Waals surface area contributed by atoms with Crippen molar-refractivity contribution in [2.75, 3.05) is 39.9 Å². The van der Waals surface area contributed by atoms with Gasteiger partial charge in [-0.05, 0) is 18.6 Å². The first-order valence-corrected chi connectivity index (χ1v) is 8.99. The Morgan fingerprint density at radius 2 is 2.09 bits per heavy atom. The number of methoxy groups -OCH3 is 1. The molecule has 1 aliphatic heterocycles. The van der Waals surface area contributed by atoms with Crippen LogP contribution in [0.15, 0.2) is 35.2 Å². The van der Waals surface area contributed by atoms with Gasteiger partial charge < -0.3 is 20.3 Å². The van der Waals surface area contributed by atoms with Crippen molar-refractivity contribution >= 4 is 10.0 Å². The van der Waals surface area contributed by atoms with Gasteiger partial charge in [-0.15, -0.1) is 0 Å². The van der Waals surface area contributed by atoms with Crippen molar-refractivity contribution in [3.05, 3.63) is 30.3 Å². The van der Waals surface area contributed by atoms with Crippen LogP contribution >= 0.6 is 0 Å². The van der Waals surface area contributed by atoms with Crippen LogP contribution in [0.3, 0.4) is 0 Å². The standard InChI is InChI=1S/C15H24N2O5S/c1-22-10-8-16-11-15(19)12-17(9-7-14(15)18)23(20,21)13-5-3-2-4-6-13/h2-6,14,16,18-19H,7-12H2,1H3/t14-,15+/m1/s1. The molecule has 2 atom stereocenters. The number of rotatable bonds is 7. The van der Waals surface area contributed by atoms with Crippen LogP contribution in [0.25, 0.3) is 0 Å². The van der Waals surface area contributed by atoms with Gasteiger partial charge in [0.1, 0.15) is 5.60 Å². The maximum Gasteiger partial charge on any atom is 0.243 e. The number of aliphatic hydroxyl groups excluding tert-OH is 1. The molecule has 2 rings (SSSR count). The van der Waals surface area contributed by atoms with Crippen LogP contribution in [0.1, 0.15) is 6.42 Å². The molecule has 1 aliphatic rings. The van der Waals surface area contributed by atoms with Crippen LogP contribution in [0, 0.1) is 0 Å². The summed E-state index contributed by atoms with van der Waals surface area (Å²) in [7, 11) is -2.11. The van der Waals surface area contributed by atoms with Gasteiger partial charge in [0.25, 0.3) is 0 Å². The molecule has 0 radical (unpaired) electrons. The topological polar surface area (TPSA) is 99.1 Å². The number of benzene rings is 1. The van der Waals surface area contributed by atoms with Crippen molar-refractivity contribution in [3.8, 4) is 0 Å². The van der Waals surface area contributed by atoms with E-state index < -0.39 is 21.7 Å². The smallest absolute Gasteiger partial charge is 0.243 e. The van der Waals surface area contributed by atoms with Crippen LogP contribution in [0.4, 0.5) is 0 Å². The minimum atomic E-state index is -3.68. The van der Waals surface area contributed by atoms with Crippen LogP contribution in [0.5, 0.6) is 0 Å². The van der Waals surface area contributed by atoms with Gasteiger partial charge in [-0.25, -0.2) is 8.42 Å². The first-order valence-electron chi connectivity index (χ1n) is 7.55. The van der Waals surface area contributed by atoms with Crippen molar-refractivity contribution in [2.24, 2.45) is 0 Å². The van der Waals surface area contributed by atoms with Gasteiger partial charge in [0.05, 0.1) is 17.6 Å². The summed E-state index contributed by atoms with van der Waals surface area (Å²) in [5, 5.41) is 23.7. The molecule has 1 aromatic rings. The number of nitrogens with zero attached hydrogens (tertiary/aromatic N) is 1. The Morgan fingerprint density at radius 1 is 1.39 bits per heavy atom. The van der Waals surface area contributed by atoms with E-state index in [-0.39, 0.29) is 31.0 Å². The van der Waals surface area contributed by atoms with Crippen molar-refractivity contribution in [1.29, 1.82) is 0 Å². The summed E-state index contributed by atoms with van der Waals surface area (Å²) in [5.41, 5.74) is -1.52. The quantitative estimate of drug-likeness (QED) is 0.572. The maximum atomic E-state index is 12.7. The first kappa shape index (κ1) is 18.3. The molecule has 0 bridgehead atoms. The highest BCUT2D eigenvalue weighted by Crippen LogP contribution is 2.26. The SMILES string of the molecule is COCCNC[C@]1(O)CN(S(=O)(=O)c2ccccc2)CC[C@H]1O. The number of hydrogen-bond acceptors (Lipinski definition) is 6. The highest BCUT2D eigenvalue weighted by atomic mass is 32.2. The zero-order valence-corrected chi connectivity index (χ0v) is 14.0. The minimum Gasteiger partial charge on any atom is -0.390 e. The number of aliphatic hydroxyl groups is 2. The van der Waals surface area contributed by atoms with Gasteiger partial charge in [-0.3, -0.25) is 0 Å². The first-order chi connectivity index (χ1) is 10.9. The Morgan fingerprint density at radius 3 is 2.74 bits per heavy atom. The zero-order chi connectivity index (χ0) is 16.9. The third kappa shape index (κ3) is 4.28. The third-order valence-corrected chi connectivity index (χ3v) is 5.88. The van der Waals surface area contributed by atoms with Gasteiger partial charge in [0, 0.05) is 33.3 Å². The van der Waals surface area contributed by atoms with Crippen LogP contribution in [-0.2, 0) is 14.8 Å². The van der Waals surface area contributed by atoms with E-state index in [1.807, 2.05) is 0 Å². The largest absolute Gasteiger partial charge is 0.390 e. The number of ether oxygens (including phenoxy) is 1. The summed E-state index contributed by atoms with van der Waals surface area (Å²) in [5.74, 6) is 0. The summed E-state index contributed by atoms with van der Waals surface area (Å²) >= 11 is 0.